The number of hydrogen-bond donors (Lipinski definition) is 1. The molecule has 0 aliphatic rings. The summed E-state index contributed by atoms with van der Waals surface area (Å²) in [5.41, 5.74) is 0. The van der Waals surface area contributed by atoms with Gasteiger partial charge in [0.15, 0.2) is 4.21 Å². The molecule has 0 bridgehead atoms. The van der Waals surface area contributed by atoms with Crippen molar-refractivity contribution in [2.24, 2.45) is 0 Å². The third-order valence-electron chi connectivity index (χ3n) is 0.961. The van der Waals surface area contributed by atoms with Crippen molar-refractivity contribution < 1.29 is 13.0 Å². The number of hydrogen-bond acceptors (Lipinski definition) is 3. The normalized spacial score (nSPS) is 12.0. The summed E-state index contributed by atoms with van der Waals surface area (Å²) in [4.78, 5) is 0. The SMILES string of the molecule is O=S(=O)(O)c1sc(Cl)c(Cl)c1Cl. The van der Waals surface area contributed by atoms with Crippen LogP contribution in [0.15, 0.2) is 4.21 Å². The van der Waals surface area contributed by atoms with E-state index in [1.807, 2.05) is 0 Å². The van der Waals surface area contributed by atoms with Crippen molar-refractivity contribution in [2.45, 2.75) is 4.21 Å². The van der Waals surface area contributed by atoms with Crippen molar-refractivity contribution in [2.75, 3.05) is 0 Å². The van der Waals surface area contributed by atoms with E-state index in [9.17, 15) is 8.42 Å². The third-order valence-corrected chi connectivity index (χ3v) is 4.99. The van der Waals surface area contributed by atoms with Crippen LogP contribution in [-0.2, 0) is 10.1 Å². The van der Waals surface area contributed by atoms with E-state index in [1.165, 1.54) is 0 Å². The first kappa shape index (κ1) is 10.6. The second-order valence-corrected chi connectivity index (χ2v) is 5.76. The van der Waals surface area contributed by atoms with Gasteiger partial charge < -0.3 is 0 Å². The molecule has 0 radical (unpaired) electrons. The van der Waals surface area contributed by atoms with Gasteiger partial charge in [-0.25, -0.2) is 0 Å². The van der Waals surface area contributed by atoms with Crippen molar-refractivity contribution >= 4 is 56.3 Å². The molecule has 0 aliphatic heterocycles. The summed E-state index contributed by atoms with van der Waals surface area (Å²) >= 11 is 17.0. The van der Waals surface area contributed by atoms with Crippen molar-refractivity contribution in [3.05, 3.63) is 14.4 Å². The highest BCUT2D eigenvalue weighted by atomic mass is 35.5. The largest absolute Gasteiger partial charge is 0.305 e. The highest BCUT2D eigenvalue weighted by Crippen LogP contribution is 2.42. The van der Waals surface area contributed by atoms with E-state index in [4.69, 9.17) is 39.4 Å². The van der Waals surface area contributed by atoms with Crippen LogP contribution >= 0.6 is 46.1 Å². The average molecular weight is 268 g/mol. The molecule has 0 atom stereocenters. The fourth-order valence-corrected chi connectivity index (χ4v) is 3.45. The Morgan fingerprint density at radius 1 is 1.17 bits per heavy atom. The molecule has 8 heteroatoms. The van der Waals surface area contributed by atoms with E-state index < -0.39 is 14.3 Å². The molecule has 0 amide bonds. The summed E-state index contributed by atoms with van der Waals surface area (Å²) in [5.74, 6) is 0. The highest BCUT2D eigenvalue weighted by Gasteiger charge is 2.22. The van der Waals surface area contributed by atoms with Crippen molar-refractivity contribution in [3.63, 3.8) is 0 Å². The second kappa shape index (κ2) is 3.32. The molecule has 1 N–H and O–H groups in total. The van der Waals surface area contributed by atoms with E-state index in [0.717, 1.165) is 0 Å². The third kappa shape index (κ3) is 1.86. The maximum atomic E-state index is 10.6. The van der Waals surface area contributed by atoms with E-state index in [-0.39, 0.29) is 14.4 Å². The molecule has 1 aromatic rings. The molecule has 1 aromatic heterocycles. The first-order valence-corrected chi connectivity index (χ1v) is 5.84. The van der Waals surface area contributed by atoms with Crippen molar-refractivity contribution in [1.82, 2.24) is 0 Å². The smallest absolute Gasteiger partial charge is 0.281 e. The summed E-state index contributed by atoms with van der Waals surface area (Å²) < 4.78 is 29.4. The van der Waals surface area contributed by atoms with Crippen LogP contribution in [0.1, 0.15) is 0 Å². The highest BCUT2D eigenvalue weighted by molar-refractivity contribution is 7.88. The maximum absolute atomic E-state index is 10.6. The van der Waals surface area contributed by atoms with Crippen LogP contribution in [0.25, 0.3) is 0 Å². The van der Waals surface area contributed by atoms with Gasteiger partial charge in [0.05, 0.1) is 10.0 Å². The molecular weight excluding hydrogens is 267 g/mol. The van der Waals surface area contributed by atoms with Gasteiger partial charge >= 0.3 is 10.1 Å². The van der Waals surface area contributed by atoms with Gasteiger partial charge in [0.1, 0.15) is 4.34 Å². The summed E-state index contributed by atoms with van der Waals surface area (Å²) in [6.45, 7) is 0. The van der Waals surface area contributed by atoms with E-state index in [1.54, 1.807) is 0 Å². The molecule has 0 aliphatic carbocycles. The first-order chi connectivity index (χ1) is 5.34. The predicted molar refractivity (Wildman–Crippen MR) is 49.2 cm³/mol. The monoisotopic (exact) mass is 266 g/mol. The fraction of sp³-hybridized carbons (Fsp3) is 0. The Morgan fingerprint density at radius 2 is 1.67 bits per heavy atom. The van der Waals surface area contributed by atoms with Gasteiger partial charge in [0.2, 0.25) is 0 Å². The van der Waals surface area contributed by atoms with Gasteiger partial charge in [-0.05, 0) is 0 Å². The molecular formula is C4HCl3O3S2. The zero-order valence-electron chi connectivity index (χ0n) is 5.21. The minimum atomic E-state index is -4.32. The van der Waals surface area contributed by atoms with Crippen LogP contribution in [-0.4, -0.2) is 13.0 Å². The molecule has 0 spiro atoms. The lowest BCUT2D eigenvalue weighted by Gasteiger charge is -1.89. The summed E-state index contributed by atoms with van der Waals surface area (Å²) in [7, 11) is -4.32. The Balaban J connectivity index is 3.48. The van der Waals surface area contributed by atoms with Gasteiger partial charge in [0, 0.05) is 0 Å². The van der Waals surface area contributed by atoms with Crippen LogP contribution in [0.3, 0.4) is 0 Å². The molecule has 68 valence electrons. The van der Waals surface area contributed by atoms with E-state index in [0.29, 0.717) is 11.3 Å². The van der Waals surface area contributed by atoms with Crippen LogP contribution < -0.4 is 0 Å². The van der Waals surface area contributed by atoms with Gasteiger partial charge in [-0.15, -0.1) is 11.3 Å². The predicted octanol–water partition coefficient (Wildman–Crippen LogP) is 2.96. The quantitative estimate of drug-likeness (QED) is 0.796. The minimum Gasteiger partial charge on any atom is -0.281 e. The Kier molecular flexibility index (Phi) is 2.92. The Hall–Kier alpha value is 0.480. The first-order valence-electron chi connectivity index (χ1n) is 2.45. The molecule has 12 heavy (non-hydrogen) atoms. The summed E-state index contributed by atoms with van der Waals surface area (Å²) in [6.07, 6.45) is 0. The molecule has 1 heterocycles. The minimum absolute atomic E-state index is 0.0364. The zero-order chi connectivity index (χ0) is 9.52. The molecule has 3 nitrogen and oxygen atoms in total. The van der Waals surface area contributed by atoms with Crippen LogP contribution in [0.2, 0.25) is 14.4 Å². The standard InChI is InChI=1S/C4HCl3O3S2/c5-1-2(6)4(11-3(1)7)12(8,9)10/h(H,8,9,10). The van der Waals surface area contributed by atoms with Crippen molar-refractivity contribution in [1.29, 1.82) is 0 Å². The van der Waals surface area contributed by atoms with Crippen LogP contribution in [0.5, 0.6) is 0 Å². The summed E-state index contributed by atoms with van der Waals surface area (Å²) in [5, 5.41) is -0.301. The average Bonchev–Trinajstić information content (AvgIpc) is 2.15. The molecule has 0 unspecified atom stereocenters. The van der Waals surface area contributed by atoms with Gasteiger partial charge in [-0.3, -0.25) is 4.55 Å². The lowest BCUT2D eigenvalue weighted by atomic mass is 10.6. The van der Waals surface area contributed by atoms with Gasteiger partial charge in [0.25, 0.3) is 0 Å². The molecule has 1 rings (SSSR count). The lowest BCUT2D eigenvalue weighted by molar-refractivity contribution is 0.485. The van der Waals surface area contributed by atoms with E-state index >= 15 is 0 Å². The molecule has 0 saturated heterocycles. The number of thiophene rings is 1. The second-order valence-electron chi connectivity index (χ2n) is 1.77. The van der Waals surface area contributed by atoms with Crippen molar-refractivity contribution in [3.8, 4) is 0 Å². The fourth-order valence-electron chi connectivity index (χ4n) is 0.513. The van der Waals surface area contributed by atoms with Gasteiger partial charge in [-0.1, -0.05) is 34.8 Å². The molecule has 0 fully saturated rings. The number of halogens is 3. The number of rotatable bonds is 1. The Bertz CT molecular complexity index is 407. The Labute approximate surface area is 87.6 Å². The van der Waals surface area contributed by atoms with E-state index in [2.05, 4.69) is 0 Å². The molecule has 0 aromatic carbocycles. The van der Waals surface area contributed by atoms with Gasteiger partial charge in [-0.2, -0.15) is 8.42 Å². The Morgan fingerprint density at radius 3 is 1.83 bits per heavy atom. The zero-order valence-corrected chi connectivity index (χ0v) is 9.11. The lowest BCUT2D eigenvalue weighted by Crippen LogP contribution is -1.94. The maximum Gasteiger partial charge on any atom is 0.305 e. The summed E-state index contributed by atoms with van der Waals surface area (Å²) in [6, 6.07) is 0. The van der Waals surface area contributed by atoms with Crippen LogP contribution in [0, 0.1) is 0 Å². The van der Waals surface area contributed by atoms with Crippen LogP contribution in [0.4, 0.5) is 0 Å². The topological polar surface area (TPSA) is 54.4 Å². The molecule has 0 saturated carbocycles.